The molecule has 0 aromatic carbocycles. The standard InChI is InChI=1S/C7H6ClF2NO/c1-4-3-11-6(8)2-5(4)12-7(9)10/h2-3,7H,1H3. The number of nitrogens with zero attached hydrogens (tertiary/aromatic N) is 1. The fourth-order valence-corrected chi connectivity index (χ4v) is 0.852. The minimum atomic E-state index is -2.83. The van der Waals surface area contributed by atoms with E-state index in [2.05, 4.69) is 9.72 Å². The van der Waals surface area contributed by atoms with Gasteiger partial charge in [0.15, 0.2) is 0 Å². The number of hydrogen-bond donors (Lipinski definition) is 0. The second-order valence-electron chi connectivity index (χ2n) is 2.15. The Balaban J connectivity index is 2.90. The van der Waals surface area contributed by atoms with Crippen LogP contribution in [0.1, 0.15) is 5.56 Å². The van der Waals surface area contributed by atoms with Gasteiger partial charge in [0.2, 0.25) is 0 Å². The highest BCUT2D eigenvalue weighted by Gasteiger charge is 2.07. The monoisotopic (exact) mass is 193 g/mol. The smallest absolute Gasteiger partial charge is 0.387 e. The summed E-state index contributed by atoms with van der Waals surface area (Å²) in [6.07, 6.45) is 1.38. The topological polar surface area (TPSA) is 22.1 Å². The Morgan fingerprint density at radius 1 is 1.58 bits per heavy atom. The van der Waals surface area contributed by atoms with E-state index in [1.54, 1.807) is 6.92 Å². The summed E-state index contributed by atoms with van der Waals surface area (Å²) in [4.78, 5) is 3.69. The first-order valence-corrected chi connectivity index (χ1v) is 3.54. The second-order valence-corrected chi connectivity index (χ2v) is 2.54. The number of ether oxygens (including phenoxy) is 1. The Morgan fingerprint density at radius 3 is 2.83 bits per heavy atom. The number of alkyl halides is 2. The maximum atomic E-state index is 11.7. The normalized spacial score (nSPS) is 10.4. The molecule has 0 saturated carbocycles. The van der Waals surface area contributed by atoms with Gasteiger partial charge in [-0.1, -0.05) is 11.6 Å². The van der Waals surface area contributed by atoms with Crippen molar-refractivity contribution in [3.05, 3.63) is 23.0 Å². The van der Waals surface area contributed by atoms with Gasteiger partial charge < -0.3 is 4.74 Å². The summed E-state index contributed by atoms with van der Waals surface area (Å²) in [7, 11) is 0. The van der Waals surface area contributed by atoms with Gasteiger partial charge in [-0.2, -0.15) is 8.78 Å². The van der Waals surface area contributed by atoms with Crippen molar-refractivity contribution < 1.29 is 13.5 Å². The SMILES string of the molecule is Cc1cnc(Cl)cc1OC(F)F. The molecule has 0 aliphatic carbocycles. The lowest BCUT2D eigenvalue weighted by molar-refractivity contribution is -0.0503. The molecule has 0 aliphatic rings. The van der Waals surface area contributed by atoms with Crippen LogP contribution < -0.4 is 4.74 Å². The van der Waals surface area contributed by atoms with Crippen LogP contribution in [-0.4, -0.2) is 11.6 Å². The van der Waals surface area contributed by atoms with Crippen LogP contribution in [-0.2, 0) is 0 Å². The van der Waals surface area contributed by atoms with Crippen LogP contribution in [0.15, 0.2) is 12.3 Å². The van der Waals surface area contributed by atoms with Gasteiger partial charge >= 0.3 is 6.61 Å². The lowest BCUT2D eigenvalue weighted by atomic mass is 10.3. The molecule has 1 rings (SSSR count). The van der Waals surface area contributed by atoms with Crippen LogP contribution in [0.5, 0.6) is 5.75 Å². The number of aromatic nitrogens is 1. The number of halogens is 3. The molecule has 2 nitrogen and oxygen atoms in total. The van der Waals surface area contributed by atoms with E-state index in [0.29, 0.717) is 5.56 Å². The van der Waals surface area contributed by atoms with Gasteiger partial charge in [0.1, 0.15) is 10.9 Å². The van der Waals surface area contributed by atoms with Crippen molar-refractivity contribution in [2.24, 2.45) is 0 Å². The molecule has 5 heteroatoms. The maximum absolute atomic E-state index is 11.7. The zero-order valence-corrected chi connectivity index (χ0v) is 6.98. The molecule has 1 heterocycles. The third-order valence-electron chi connectivity index (χ3n) is 1.24. The van der Waals surface area contributed by atoms with E-state index >= 15 is 0 Å². The Kier molecular flexibility index (Phi) is 2.81. The van der Waals surface area contributed by atoms with Crippen LogP contribution in [0, 0.1) is 6.92 Å². The quantitative estimate of drug-likeness (QED) is 0.674. The van der Waals surface area contributed by atoms with Crippen LogP contribution in [0.4, 0.5) is 8.78 Å². The lowest BCUT2D eigenvalue weighted by Crippen LogP contribution is -2.03. The Morgan fingerprint density at radius 2 is 2.25 bits per heavy atom. The van der Waals surface area contributed by atoms with E-state index in [1.807, 2.05) is 0 Å². The van der Waals surface area contributed by atoms with E-state index in [1.165, 1.54) is 12.3 Å². The highest BCUT2D eigenvalue weighted by molar-refractivity contribution is 6.29. The molecule has 66 valence electrons. The van der Waals surface area contributed by atoms with Gasteiger partial charge in [0.25, 0.3) is 0 Å². The van der Waals surface area contributed by atoms with Crippen molar-refractivity contribution in [3.63, 3.8) is 0 Å². The highest BCUT2D eigenvalue weighted by Crippen LogP contribution is 2.21. The zero-order valence-electron chi connectivity index (χ0n) is 6.22. The summed E-state index contributed by atoms with van der Waals surface area (Å²) >= 11 is 5.46. The summed E-state index contributed by atoms with van der Waals surface area (Å²) in [5.74, 6) is 0.0602. The fourth-order valence-electron chi connectivity index (χ4n) is 0.704. The van der Waals surface area contributed by atoms with Gasteiger partial charge in [-0.05, 0) is 6.92 Å². The molecule has 0 spiro atoms. The molecule has 1 aromatic heterocycles. The van der Waals surface area contributed by atoms with E-state index in [4.69, 9.17) is 11.6 Å². The molecule has 0 unspecified atom stereocenters. The first-order valence-electron chi connectivity index (χ1n) is 3.16. The minimum absolute atomic E-state index is 0.0602. The molecular weight excluding hydrogens is 188 g/mol. The van der Waals surface area contributed by atoms with E-state index in [0.717, 1.165) is 0 Å². The summed E-state index contributed by atoms with van der Waals surface area (Å²) in [5.41, 5.74) is 0.528. The highest BCUT2D eigenvalue weighted by atomic mass is 35.5. The predicted molar refractivity (Wildman–Crippen MR) is 40.6 cm³/mol. The second kappa shape index (κ2) is 3.67. The van der Waals surface area contributed by atoms with Gasteiger partial charge in [0.05, 0.1) is 0 Å². The van der Waals surface area contributed by atoms with Crippen molar-refractivity contribution in [3.8, 4) is 5.75 Å². The van der Waals surface area contributed by atoms with E-state index < -0.39 is 6.61 Å². The van der Waals surface area contributed by atoms with E-state index in [-0.39, 0.29) is 10.9 Å². The number of aryl methyl sites for hydroxylation is 1. The Bertz CT molecular complexity index is 280. The molecule has 12 heavy (non-hydrogen) atoms. The average molecular weight is 194 g/mol. The fraction of sp³-hybridized carbons (Fsp3) is 0.286. The van der Waals surface area contributed by atoms with Crippen LogP contribution in [0.2, 0.25) is 5.15 Å². The Hall–Kier alpha value is -0.900. The van der Waals surface area contributed by atoms with Crippen molar-refractivity contribution in [2.75, 3.05) is 0 Å². The molecule has 0 aliphatic heterocycles. The first-order chi connectivity index (χ1) is 5.59. The molecule has 0 radical (unpaired) electrons. The molecule has 0 atom stereocenters. The summed E-state index contributed by atoms with van der Waals surface area (Å²) in [5, 5.41) is 0.135. The molecule has 0 fully saturated rings. The zero-order chi connectivity index (χ0) is 9.14. The summed E-state index contributed by atoms with van der Waals surface area (Å²) in [6.45, 7) is -1.22. The molecule has 0 N–H and O–H groups in total. The molecule has 0 amide bonds. The average Bonchev–Trinajstić information content (AvgIpc) is 1.96. The van der Waals surface area contributed by atoms with Crippen LogP contribution in [0.3, 0.4) is 0 Å². The largest absolute Gasteiger partial charge is 0.434 e. The maximum Gasteiger partial charge on any atom is 0.387 e. The first kappa shape index (κ1) is 9.19. The van der Waals surface area contributed by atoms with E-state index in [9.17, 15) is 8.78 Å². The van der Waals surface area contributed by atoms with Gasteiger partial charge in [0, 0.05) is 17.8 Å². The third kappa shape index (κ3) is 2.30. The van der Waals surface area contributed by atoms with Crippen molar-refractivity contribution in [1.29, 1.82) is 0 Å². The minimum Gasteiger partial charge on any atom is -0.434 e. The molecule has 0 bridgehead atoms. The number of rotatable bonds is 2. The summed E-state index contributed by atoms with van der Waals surface area (Å²) < 4.78 is 27.7. The molecule has 0 saturated heterocycles. The van der Waals surface area contributed by atoms with Crippen LogP contribution >= 0.6 is 11.6 Å². The molecule has 1 aromatic rings. The van der Waals surface area contributed by atoms with Gasteiger partial charge in [-0.3, -0.25) is 0 Å². The predicted octanol–water partition coefficient (Wildman–Crippen LogP) is 2.64. The summed E-state index contributed by atoms with van der Waals surface area (Å²) in [6, 6.07) is 1.25. The number of hydrogen-bond acceptors (Lipinski definition) is 2. The van der Waals surface area contributed by atoms with Crippen molar-refractivity contribution in [2.45, 2.75) is 13.5 Å². The molecular formula is C7H6ClF2NO. The Labute approximate surface area is 73.1 Å². The number of pyridine rings is 1. The van der Waals surface area contributed by atoms with Crippen LogP contribution in [0.25, 0.3) is 0 Å². The van der Waals surface area contributed by atoms with Crippen molar-refractivity contribution >= 4 is 11.6 Å². The lowest BCUT2D eigenvalue weighted by Gasteiger charge is -2.06. The van der Waals surface area contributed by atoms with Crippen molar-refractivity contribution in [1.82, 2.24) is 4.98 Å². The van der Waals surface area contributed by atoms with Gasteiger partial charge in [-0.15, -0.1) is 0 Å². The third-order valence-corrected chi connectivity index (χ3v) is 1.44. The van der Waals surface area contributed by atoms with Gasteiger partial charge in [-0.25, -0.2) is 4.98 Å².